The summed E-state index contributed by atoms with van der Waals surface area (Å²) in [4.78, 5) is -0.688. The third kappa shape index (κ3) is 2.59. The van der Waals surface area contributed by atoms with E-state index in [2.05, 4.69) is 0 Å². The largest absolute Gasteiger partial charge is 0.506 e. The van der Waals surface area contributed by atoms with Crippen LogP contribution in [0.2, 0.25) is 0 Å². The van der Waals surface area contributed by atoms with Crippen LogP contribution in [0.3, 0.4) is 0 Å². The Balaban J connectivity index is 3.45. The Bertz CT molecular complexity index is 523. The van der Waals surface area contributed by atoms with E-state index in [1.807, 2.05) is 0 Å². The van der Waals surface area contributed by atoms with Gasteiger partial charge in [-0.15, -0.1) is 0 Å². The average molecular weight is 245 g/mol. The molecule has 1 aromatic rings. The van der Waals surface area contributed by atoms with E-state index in [0.29, 0.717) is 0 Å². The lowest BCUT2D eigenvalue weighted by atomic mass is 10.2. The fraction of sp³-hybridized carbons (Fsp3) is 0.200. The maximum Gasteiger partial charge on any atom is 0.182 e. The molecule has 0 aliphatic heterocycles. The van der Waals surface area contributed by atoms with Crippen LogP contribution in [0.4, 0.5) is 4.39 Å². The molecule has 0 radical (unpaired) electrons. The predicted octanol–water partition coefficient (Wildman–Crippen LogP) is 0.907. The lowest BCUT2D eigenvalue weighted by Gasteiger charge is -2.06. The van der Waals surface area contributed by atoms with Gasteiger partial charge in [0.1, 0.15) is 10.6 Å². The van der Waals surface area contributed by atoms with Gasteiger partial charge in [0.25, 0.3) is 0 Å². The Morgan fingerprint density at radius 1 is 1.50 bits per heavy atom. The maximum absolute atomic E-state index is 13.7. The smallest absolute Gasteiger partial charge is 0.182 e. The Morgan fingerprint density at radius 3 is 2.62 bits per heavy atom. The Kier molecular flexibility index (Phi) is 3.66. The zero-order chi connectivity index (χ0) is 12.3. The van der Waals surface area contributed by atoms with Crippen LogP contribution >= 0.6 is 0 Å². The second-order valence-electron chi connectivity index (χ2n) is 3.23. The van der Waals surface area contributed by atoms with E-state index in [0.717, 1.165) is 12.3 Å². The van der Waals surface area contributed by atoms with E-state index < -0.39 is 26.3 Å². The fourth-order valence-corrected chi connectivity index (χ4v) is 2.13. The Labute approximate surface area is 93.1 Å². The number of nitrogens with two attached hydrogens (primary N) is 1. The molecule has 0 aliphatic carbocycles. The Hall–Kier alpha value is -1.40. The topological polar surface area (TPSA) is 80.4 Å². The summed E-state index contributed by atoms with van der Waals surface area (Å²) in [7, 11) is -3.80. The minimum Gasteiger partial charge on any atom is -0.506 e. The summed E-state index contributed by atoms with van der Waals surface area (Å²) in [6, 6.07) is 2.42. The van der Waals surface area contributed by atoms with Crippen molar-refractivity contribution in [1.82, 2.24) is 0 Å². The van der Waals surface area contributed by atoms with Gasteiger partial charge < -0.3 is 10.8 Å². The SMILES string of the molecule is CS(=O)(=O)c1c(O)ccc(/C=C/CN)c1F. The summed E-state index contributed by atoms with van der Waals surface area (Å²) < 4.78 is 36.2. The molecule has 88 valence electrons. The molecule has 4 nitrogen and oxygen atoms in total. The van der Waals surface area contributed by atoms with Crippen molar-refractivity contribution in [2.75, 3.05) is 12.8 Å². The van der Waals surface area contributed by atoms with Crippen LogP contribution in [0.25, 0.3) is 6.08 Å². The van der Waals surface area contributed by atoms with Crippen molar-refractivity contribution in [3.05, 3.63) is 29.6 Å². The first-order valence-electron chi connectivity index (χ1n) is 4.46. The fourth-order valence-electron chi connectivity index (χ4n) is 1.24. The molecule has 0 fully saturated rings. The van der Waals surface area contributed by atoms with Crippen LogP contribution in [0, 0.1) is 5.82 Å². The number of sulfone groups is 1. The molecule has 0 heterocycles. The van der Waals surface area contributed by atoms with E-state index >= 15 is 0 Å². The molecule has 0 aliphatic rings. The van der Waals surface area contributed by atoms with Gasteiger partial charge in [-0.3, -0.25) is 0 Å². The lowest BCUT2D eigenvalue weighted by Crippen LogP contribution is -2.03. The highest BCUT2D eigenvalue weighted by Gasteiger charge is 2.20. The van der Waals surface area contributed by atoms with Gasteiger partial charge in [-0.1, -0.05) is 12.2 Å². The molecule has 1 aromatic carbocycles. The molecule has 0 amide bonds. The highest BCUT2D eigenvalue weighted by Crippen LogP contribution is 2.28. The molecule has 3 N–H and O–H groups in total. The summed E-state index contributed by atoms with van der Waals surface area (Å²) in [6.07, 6.45) is 3.69. The standard InChI is InChI=1S/C10H12FNO3S/c1-16(14,15)10-8(13)5-4-7(9(10)11)3-2-6-12/h2-5,13H,6,12H2,1H3/b3-2+. The van der Waals surface area contributed by atoms with Crippen molar-refractivity contribution in [2.24, 2.45) is 5.73 Å². The van der Waals surface area contributed by atoms with E-state index in [4.69, 9.17) is 5.73 Å². The number of hydrogen-bond acceptors (Lipinski definition) is 4. The number of hydrogen-bond donors (Lipinski definition) is 2. The highest BCUT2D eigenvalue weighted by molar-refractivity contribution is 7.90. The zero-order valence-corrected chi connectivity index (χ0v) is 9.46. The van der Waals surface area contributed by atoms with Crippen molar-refractivity contribution >= 4 is 15.9 Å². The molecule has 0 spiro atoms. The van der Waals surface area contributed by atoms with Gasteiger partial charge in [0, 0.05) is 18.4 Å². The second-order valence-corrected chi connectivity index (χ2v) is 5.18. The van der Waals surface area contributed by atoms with Gasteiger partial charge in [-0.25, -0.2) is 12.8 Å². The Morgan fingerprint density at radius 2 is 2.12 bits per heavy atom. The normalized spacial score (nSPS) is 12.2. The van der Waals surface area contributed by atoms with Crippen LogP contribution < -0.4 is 5.73 Å². The minimum absolute atomic E-state index is 0.0728. The first-order chi connectivity index (χ1) is 7.38. The van der Waals surface area contributed by atoms with Crippen LogP contribution in [-0.4, -0.2) is 26.3 Å². The van der Waals surface area contributed by atoms with Gasteiger partial charge in [0.05, 0.1) is 0 Å². The molecule has 0 saturated heterocycles. The van der Waals surface area contributed by atoms with E-state index in [-0.39, 0.29) is 12.1 Å². The van der Waals surface area contributed by atoms with Crippen molar-refractivity contribution in [1.29, 1.82) is 0 Å². The summed E-state index contributed by atoms with van der Waals surface area (Å²) in [5.74, 6) is -1.56. The van der Waals surface area contributed by atoms with E-state index in [1.54, 1.807) is 0 Å². The minimum atomic E-state index is -3.80. The van der Waals surface area contributed by atoms with Crippen LogP contribution in [-0.2, 0) is 9.84 Å². The molecule has 0 aromatic heterocycles. The number of benzene rings is 1. The first kappa shape index (κ1) is 12.7. The number of phenols is 1. The number of aromatic hydroxyl groups is 1. The predicted molar refractivity (Wildman–Crippen MR) is 59.3 cm³/mol. The molecule has 0 atom stereocenters. The molecule has 0 bridgehead atoms. The van der Waals surface area contributed by atoms with Crippen molar-refractivity contribution < 1.29 is 17.9 Å². The van der Waals surface area contributed by atoms with E-state index in [9.17, 15) is 17.9 Å². The van der Waals surface area contributed by atoms with Gasteiger partial charge >= 0.3 is 0 Å². The van der Waals surface area contributed by atoms with Crippen LogP contribution in [0.1, 0.15) is 5.56 Å². The van der Waals surface area contributed by atoms with Crippen molar-refractivity contribution in [3.8, 4) is 5.75 Å². The molecule has 6 heteroatoms. The number of rotatable bonds is 3. The molecular weight excluding hydrogens is 233 g/mol. The third-order valence-electron chi connectivity index (χ3n) is 1.91. The molecule has 1 rings (SSSR count). The van der Waals surface area contributed by atoms with Gasteiger partial charge in [-0.05, 0) is 12.1 Å². The average Bonchev–Trinajstić information content (AvgIpc) is 2.14. The summed E-state index contributed by atoms with van der Waals surface area (Å²) in [5.41, 5.74) is 5.28. The number of phenolic OH excluding ortho intramolecular Hbond substituents is 1. The number of halogens is 1. The van der Waals surface area contributed by atoms with Gasteiger partial charge in [-0.2, -0.15) is 0 Å². The highest BCUT2D eigenvalue weighted by atomic mass is 32.2. The monoisotopic (exact) mass is 245 g/mol. The molecule has 16 heavy (non-hydrogen) atoms. The summed E-state index contributed by atoms with van der Waals surface area (Å²) in [5, 5.41) is 9.31. The van der Waals surface area contributed by atoms with Crippen LogP contribution in [0.15, 0.2) is 23.1 Å². The van der Waals surface area contributed by atoms with Gasteiger partial charge in [0.15, 0.2) is 15.7 Å². The maximum atomic E-state index is 13.7. The van der Waals surface area contributed by atoms with Crippen molar-refractivity contribution in [2.45, 2.75) is 4.90 Å². The lowest BCUT2D eigenvalue weighted by molar-refractivity contribution is 0.444. The quantitative estimate of drug-likeness (QED) is 0.829. The molecular formula is C10H12FNO3S. The first-order valence-corrected chi connectivity index (χ1v) is 6.35. The zero-order valence-electron chi connectivity index (χ0n) is 8.64. The second kappa shape index (κ2) is 4.63. The van der Waals surface area contributed by atoms with Gasteiger partial charge in [0.2, 0.25) is 0 Å². The van der Waals surface area contributed by atoms with Crippen LogP contribution in [0.5, 0.6) is 5.75 Å². The molecule has 0 unspecified atom stereocenters. The van der Waals surface area contributed by atoms with E-state index in [1.165, 1.54) is 18.2 Å². The van der Waals surface area contributed by atoms with Crippen molar-refractivity contribution in [3.63, 3.8) is 0 Å². The summed E-state index contributed by atoms with van der Waals surface area (Å²) >= 11 is 0. The molecule has 0 saturated carbocycles. The third-order valence-corrected chi connectivity index (χ3v) is 3.04. The summed E-state index contributed by atoms with van der Waals surface area (Å²) in [6.45, 7) is 0.217.